The van der Waals surface area contributed by atoms with Crippen LogP contribution in [0, 0.1) is 15.9 Å². The van der Waals surface area contributed by atoms with E-state index in [0.717, 1.165) is 52.1 Å². The molecule has 2 heterocycles. The number of benzene rings is 1. The highest BCUT2D eigenvalue weighted by atomic mass is 127. The molecule has 3 aliphatic rings. The predicted molar refractivity (Wildman–Crippen MR) is 129 cm³/mol. The topological polar surface area (TPSA) is 64.2 Å². The van der Waals surface area contributed by atoms with Gasteiger partial charge in [-0.3, -0.25) is 9.48 Å². The number of alkyl halides is 2. The number of carbonyl (C=O) groups excluding carboxylic acids is 1. The molecular weight excluding hydrogens is 525 g/mol. The Bertz CT molecular complexity index is 1040. The van der Waals surface area contributed by atoms with Crippen LogP contribution < -0.4 is 10.6 Å². The van der Waals surface area contributed by atoms with E-state index in [2.05, 4.69) is 27.5 Å². The number of halogens is 3. The summed E-state index contributed by atoms with van der Waals surface area (Å²) in [5.41, 5.74) is 10.4. The van der Waals surface area contributed by atoms with Crippen LogP contribution in [0.25, 0.3) is 11.3 Å². The molecule has 0 radical (unpaired) electrons. The lowest BCUT2D eigenvalue weighted by Crippen LogP contribution is -2.36. The maximum Gasteiger partial charge on any atom is 0.250 e. The molecule has 1 spiro atoms. The number of piperidine rings is 1. The molecule has 3 fully saturated rings. The number of hydrogen-bond acceptors (Lipinski definition) is 3. The summed E-state index contributed by atoms with van der Waals surface area (Å²) >= 11 is 2.30. The number of nitrogens with zero attached hydrogens (tertiary/aromatic N) is 3. The zero-order valence-electron chi connectivity index (χ0n) is 18.3. The van der Waals surface area contributed by atoms with Gasteiger partial charge in [-0.1, -0.05) is 0 Å². The third-order valence-corrected chi connectivity index (χ3v) is 8.60. The Morgan fingerprint density at radius 2 is 1.78 bits per heavy atom. The van der Waals surface area contributed by atoms with E-state index in [1.54, 1.807) is 0 Å². The first kappa shape index (κ1) is 22.1. The molecule has 5 rings (SSSR count). The van der Waals surface area contributed by atoms with E-state index in [4.69, 9.17) is 10.8 Å². The normalized spacial score (nSPS) is 22.3. The largest absolute Gasteiger partial charge is 0.370 e. The molecule has 1 aromatic heterocycles. The first-order valence-corrected chi connectivity index (χ1v) is 12.6. The maximum atomic E-state index is 13.7. The van der Waals surface area contributed by atoms with Gasteiger partial charge in [-0.15, -0.1) is 0 Å². The predicted octanol–water partition coefficient (Wildman–Crippen LogP) is 5.69. The fraction of sp³-hybridized carbons (Fsp3) is 0.583. The first-order chi connectivity index (χ1) is 15.2. The molecule has 2 saturated carbocycles. The van der Waals surface area contributed by atoms with Crippen LogP contribution in [0.4, 0.5) is 14.5 Å². The number of primary amides is 1. The van der Waals surface area contributed by atoms with Crippen molar-refractivity contribution in [3.63, 3.8) is 0 Å². The van der Waals surface area contributed by atoms with Crippen molar-refractivity contribution in [2.75, 3.05) is 18.0 Å². The number of nitrogens with two attached hydrogens (primary N) is 1. The smallest absolute Gasteiger partial charge is 0.250 e. The Balaban J connectivity index is 1.53. The molecule has 2 aromatic rings. The number of amides is 1. The van der Waals surface area contributed by atoms with E-state index in [9.17, 15) is 13.6 Å². The summed E-state index contributed by atoms with van der Waals surface area (Å²) in [6.45, 7) is 3.79. The molecule has 5 nitrogen and oxygen atoms in total. The monoisotopic (exact) mass is 554 g/mol. The van der Waals surface area contributed by atoms with Gasteiger partial charge in [-0.05, 0) is 91.7 Å². The van der Waals surface area contributed by atoms with Gasteiger partial charge < -0.3 is 10.6 Å². The van der Waals surface area contributed by atoms with Gasteiger partial charge >= 0.3 is 0 Å². The number of hydrogen-bond donors (Lipinski definition) is 1. The minimum atomic E-state index is -2.56. The fourth-order valence-electron chi connectivity index (χ4n) is 5.47. The summed E-state index contributed by atoms with van der Waals surface area (Å²) in [6.07, 6.45) is 5.56. The van der Waals surface area contributed by atoms with Gasteiger partial charge in [0.05, 0.1) is 23.0 Å². The third-order valence-electron chi connectivity index (χ3n) is 7.70. The van der Waals surface area contributed by atoms with Crippen LogP contribution in [0.5, 0.6) is 0 Å². The second-order valence-electron chi connectivity index (χ2n) is 9.87. The second-order valence-corrected chi connectivity index (χ2v) is 11.0. The molecule has 0 unspecified atom stereocenters. The summed E-state index contributed by atoms with van der Waals surface area (Å²) in [4.78, 5) is 14.7. The van der Waals surface area contributed by atoms with E-state index < -0.39 is 11.8 Å². The number of aryl methyl sites for hydroxylation is 1. The van der Waals surface area contributed by atoms with Crippen molar-refractivity contribution in [2.45, 2.75) is 70.3 Å². The van der Waals surface area contributed by atoms with Crippen molar-refractivity contribution >= 4 is 34.2 Å². The molecular formula is C24H29F2IN4O. The van der Waals surface area contributed by atoms with Crippen molar-refractivity contribution in [3.05, 3.63) is 33.0 Å². The van der Waals surface area contributed by atoms with Crippen LogP contribution in [0.15, 0.2) is 18.2 Å². The number of carbonyl (C=O) groups is 1. The van der Waals surface area contributed by atoms with E-state index in [-0.39, 0.29) is 18.9 Å². The fourth-order valence-corrected chi connectivity index (χ4v) is 6.18. The Morgan fingerprint density at radius 1 is 1.12 bits per heavy atom. The van der Waals surface area contributed by atoms with Crippen molar-refractivity contribution in [3.8, 4) is 11.3 Å². The molecule has 0 bridgehead atoms. The highest BCUT2D eigenvalue weighted by Gasteiger charge is 2.45. The molecule has 1 saturated heterocycles. The van der Waals surface area contributed by atoms with Crippen molar-refractivity contribution < 1.29 is 13.6 Å². The van der Waals surface area contributed by atoms with Gasteiger partial charge in [0.25, 0.3) is 5.91 Å². The Morgan fingerprint density at radius 3 is 2.38 bits per heavy atom. The molecule has 0 atom stereocenters. The van der Waals surface area contributed by atoms with Crippen LogP contribution in [-0.4, -0.2) is 34.7 Å². The van der Waals surface area contributed by atoms with Crippen LogP contribution in [0.1, 0.15) is 73.5 Å². The van der Waals surface area contributed by atoms with Crippen LogP contribution in [-0.2, 0) is 0 Å². The summed E-state index contributed by atoms with van der Waals surface area (Å²) in [6, 6.07) is 5.73. The van der Waals surface area contributed by atoms with E-state index in [1.165, 1.54) is 12.8 Å². The summed E-state index contributed by atoms with van der Waals surface area (Å²) < 4.78 is 30.3. The average molecular weight is 554 g/mol. The van der Waals surface area contributed by atoms with Crippen LogP contribution >= 0.6 is 22.6 Å². The highest BCUT2D eigenvalue weighted by Crippen LogP contribution is 2.54. The van der Waals surface area contributed by atoms with E-state index >= 15 is 0 Å². The number of anilines is 1. The zero-order chi connectivity index (χ0) is 22.7. The molecule has 8 heteroatoms. The van der Waals surface area contributed by atoms with Gasteiger partial charge in [0.15, 0.2) is 0 Å². The first-order valence-electron chi connectivity index (χ1n) is 11.5. The quantitative estimate of drug-likeness (QED) is 0.494. The Kier molecular flexibility index (Phi) is 5.49. The lowest BCUT2D eigenvalue weighted by atomic mass is 9.92. The lowest BCUT2D eigenvalue weighted by molar-refractivity contribution is -0.0451. The van der Waals surface area contributed by atoms with Gasteiger partial charge in [-0.2, -0.15) is 5.10 Å². The molecule has 1 aromatic carbocycles. The number of rotatable bonds is 4. The minimum absolute atomic E-state index is 0.0199. The summed E-state index contributed by atoms with van der Waals surface area (Å²) in [5, 5.41) is 4.90. The Hall–Kier alpha value is -1.71. The van der Waals surface area contributed by atoms with Crippen molar-refractivity contribution in [1.82, 2.24) is 9.78 Å². The van der Waals surface area contributed by atoms with Gasteiger partial charge in [0.1, 0.15) is 0 Å². The van der Waals surface area contributed by atoms with Crippen LogP contribution in [0.3, 0.4) is 0 Å². The number of aromatic nitrogens is 2. The molecule has 2 N–H and O–H groups in total. The lowest BCUT2D eigenvalue weighted by Gasteiger charge is -2.36. The van der Waals surface area contributed by atoms with Gasteiger partial charge in [-0.25, -0.2) is 8.78 Å². The Labute approximate surface area is 200 Å². The SMILES string of the molecule is Cc1cc(-c2c(I)ccc(C(N)=O)c2N2CCC3(CC2)CC3)nn1C1CCC(F)(F)CC1. The van der Waals surface area contributed by atoms with Crippen molar-refractivity contribution in [1.29, 1.82) is 0 Å². The molecule has 1 amide bonds. The summed E-state index contributed by atoms with van der Waals surface area (Å²) in [5.74, 6) is -3.00. The summed E-state index contributed by atoms with van der Waals surface area (Å²) in [7, 11) is 0. The average Bonchev–Trinajstić information content (AvgIpc) is 3.39. The molecule has 32 heavy (non-hydrogen) atoms. The van der Waals surface area contributed by atoms with Gasteiger partial charge in [0.2, 0.25) is 5.92 Å². The molecule has 1 aliphatic heterocycles. The van der Waals surface area contributed by atoms with E-state index in [0.29, 0.717) is 23.8 Å². The third kappa shape index (κ3) is 4.03. The standard InChI is InChI=1S/C24H29F2IN4O/c1-15-14-19(29-31(15)16-4-6-24(25,26)7-5-16)20-18(27)3-2-17(22(28)32)21(20)30-12-10-23(8-9-23)11-13-30/h2-3,14,16H,4-13H2,1H3,(H2,28,32). The maximum absolute atomic E-state index is 13.7. The highest BCUT2D eigenvalue weighted by molar-refractivity contribution is 14.1. The molecule has 172 valence electrons. The zero-order valence-corrected chi connectivity index (χ0v) is 20.5. The van der Waals surface area contributed by atoms with Gasteiger partial charge in [0, 0.05) is 40.8 Å². The molecule has 2 aliphatic carbocycles. The van der Waals surface area contributed by atoms with Crippen LogP contribution in [0.2, 0.25) is 0 Å². The second kappa shape index (κ2) is 7.95. The van der Waals surface area contributed by atoms with E-state index in [1.807, 2.05) is 29.8 Å². The van der Waals surface area contributed by atoms with Crippen molar-refractivity contribution in [2.24, 2.45) is 11.1 Å². The minimum Gasteiger partial charge on any atom is -0.370 e.